The third-order valence-corrected chi connectivity index (χ3v) is 5.61. The SMILES string of the molecule is C.CC.C[N+]1(C)CCC(OC(=O)C(Cc2ccccc2)C2CCCC2)C1. The Bertz CT molecular complexity index is 520. The van der Waals surface area contributed by atoms with Gasteiger partial charge in [-0.25, -0.2) is 0 Å². The van der Waals surface area contributed by atoms with E-state index in [-0.39, 0.29) is 25.4 Å². The van der Waals surface area contributed by atoms with Gasteiger partial charge in [0.2, 0.25) is 0 Å². The molecule has 3 heteroatoms. The molecule has 2 fully saturated rings. The maximum atomic E-state index is 12.9. The van der Waals surface area contributed by atoms with E-state index in [1.165, 1.54) is 31.2 Å². The summed E-state index contributed by atoms with van der Waals surface area (Å²) in [4.78, 5) is 12.9. The molecular weight excluding hydrogens is 322 g/mol. The Labute approximate surface area is 161 Å². The van der Waals surface area contributed by atoms with Crippen molar-refractivity contribution in [2.24, 2.45) is 11.8 Å². The number of carbonyl (C=O) groups excluding carboxylic acids is 1. The Kier molecular flexibility index (Phi) is 9.35. The first-order chi connectivity index (χ1) is 12.0. The lowest BCUT2D eigenvalue weighted by atomic mass is 9.85. The number of carbonyl (C=O) groups is 1. The standard InChI is InChI=1S/C20H30NO2.C2H6.CH4/c1-21(2)13-12-18(15-21)23-20(22)19(17-10-6-7-11-17)14-16-8-4-3-5-9-16;1-2;/h3-5,8-9,17-19H,6-7,10-15H2,1-2H3;1-2H3;1H4/q+1;;. The molecular formula is C23H40NO2+. The lowest BCUT2D eigenvalue weighted by Crippen LogP contribution is -2.39. The van der Waals surface area contributed by atoms with E-state index in [4.69, 9.17) is 4.74 Å². The lowest BCUT2D eigenvalue weighted by molar-refractivity contribution is -0.879. The van der Waals surface area contributed by atoms with Crippen LogP contribution < -0.4 is 0 Å². The van der Waals surface area contributed by atoms with Crippen LogP contribution in [0.25, 0.3) is 0 Å². The molecule has 1 aromatic carbocycles. The normalized spacial score (nSPS) is 22.7. The second-order valence-electron chi connectivity index (χ2n) is 8.03. The summed E-state index contributed by atoms with van der Waals surface area (Å²) in [5.74, 6) is 0.593. The second kappa shape index (κ2) is 10.7. The average molecular weight is 363 g/mol. The van der Waals surface area contributed by atoms with Crippen molar-refractivity contribution >= 4 is 5.97 Å². The Balaban J connectivity index is 0.00000109. The maximum absolute atomic E-state index is 12.9. The predicted octanol–water partition coefficient (Wildman–Crippen LogP) is 5.09. The van der Waals surface area contributed by atoms with Gasteiger partial charge in [0.1, 0.15) is 6.54 Å². The smallest absolute Gasteiger partial charge is 0.310 e. The van der Waals surface area contributed by atoms with Gasteiger partial charge in [0, 0.05) is 6.42 Å². The third kappa shape index (κ3) is 6.42. The molecule has 0 radical (unpaired) electrons. The number of quaternary nitrogens is 1. The van der Waals surface area contributed by atoms with Crippen LogP contribution in [0, 0.1) is 11.8 Å². The van der Waals surface area contributed by atoms with E-state index in [2.05, 4.69) is 38.4 Å². The van der Waals surface area contributed by atoms with Crippen LogP contribution in [0.1, 0.15) is 58.9 Å². The molecule has 1 aliphatic heterocycles. The molecule has 0 spiro atoms. The lowest BCUT2D eigenvalue weighted by Gasteiger charge is -2.25. The Morgan fingerprint density at radius 2 is 1.73 bits per heavy atom. The molecule has 1 saturated carbocycles. The minimum Gasteiger partial charge on any atom is -0.456 e. The third-order valence-electron chi connectivity index (χ3n) is 5.61. The van der Waals surface area contributed by atoms with Crippen LogP contribution in [-0.4, -0.2) is 43.7 Å². The minimum atomic E-state index is 0. The highest BCUT2D eigenvalue weighted by molar-refractivity contribution is 5.73. The van der Waals surface area contributed by atoms with Gasteiger partial charge in [-0.1, -0.05) is 64.4 Å². The van der Waals surface area contributed by atoms with Gasteiger partial charge in [0.25, 0.3) is 0 Å². The van der Waals surface area contributed by atoms with Crippen LogP contribution >= 0.6 is 0 Å². The fraction of sp³-hybridized carbons (Fsp3) is 0.696. The van der Waals surface area contributed by atoms with Crippen LogP contribution in [0.5, 0.6) is 0 Å². The molecule has 26 heavy (non-hydrogen) atoms. The number of nitrogens with zero attached hydrogens (tertiary/aromatic N) is 1. The Morgan fingerprint density at radius 3 is 2.27 bits per heavy atom. The number of ether oxygens (including phenoxy) is 1. The monoisotopic (exact) mass is 362 g/mol. The molecule has 0 N–H and O–H groups in total. The zero-order valence-electron chi connectivity index (χ0n) is 16.5. The zero-order chi connectivity index (χ0) is 18.3. The van der Waals surface area contributed by atoms with Crippen LogP contribution in [0.2, 0.25) is 0 Å². The highest BCUT2D eigenvalue weighted by Crippen LogP contribution is 2.34. The fourth-order valence-electron chi connectivity index (χ4n) is 4.25. The number of benzene rings is 1. The number of hydrogen-bond acceptors (Lipinski definition) is 2. The van der Waals surface area contributed by atoms with Crippen molar-refractivity contribution in [1.29, 1.82) is 0 Å². The molecule has 0 amide bonds. The summed E-state index contributed by atoms with van der Waals surface area (Å²) in [5.41, 5.74) is 1.25. The molecule has 148 valence electrons. The topological polar surface area (TPSA) is 26.3 Å². The molecule has 3 rings (SSSR count). The summed E-state index contributed by atoms with van der Waals surface area (Å²) < 4.78 is 6.90. The van der Waals surface area contributed by atoms with Gasteiger partial charge in [-0.2, -0.15) is 0 Å². The van der Waals surface area contributed by atoms with Crippen molar-refractivity contribution in [3.05, 3.63) is 35.9 Å². The van der Waals surface area contributed by atoms with Crippen LogP contribution in [-0.2, 0) is 16.0 Å². The van der Waals surface area contributed by atoms with Crippen molar-refractivity contribution in [3.63, 3.8) is 0 Å². The van der Waals surface area contributed by atoms with Gasteiger partial charge in [-0.3, -0.25) is 4.79 Å². The molecule has 2 unspecified atom stereocenters. The summed E-state index contributed by atoms with van der Waals surface area (Å²) in [5, 5.41) is 0. The molecule has 3 nitrogen and oxygen atoms in total. The molecule has 0 bridgehead atoms. The van der Waals surface area contributed by atoms with Crippen LogP contribution in [0.4, 0.5) is 0 Å². The first kappa shape index (κ1) is 22.7. The predicted molar refractivity (Wildman–Crippen MR) is 110 cm³/mol. The van der Waals surface area contributed by atoms with E-state index in [1.54, 1.807) is 0 Å². The fourth-order valence-corrected chi connectivity index (χ4v) is 4.25. The summed E-state index contributed by atoms with van der Waals surface area (Å²) in [7, 11) is 4.43. The maximum Gasteiger partial charge on any atom is 0.310 e. The van der Waals surface area contributed by atoms with Gasteiger partial charge in [0.15, 0.2) is 6.10 Å². The Hall–Kier alpha value is -1.35. The summed E-state index contributed by atoms with van der Waals surface area (Å²) in [6.07, 6.45) is 6.82. The Morgan fingerprint density at radius 1 is 1.12 bits per heavy atom. The van der Waals surface area contributed by atoms with Gasteiger partial charge in [-0.05, 0) is 30.7 Å². The average Bonchev–Trinajstić information content (AvgIpc) is 3.25. The van der Waals surface area contributed by atoms with Crippen molar-refractivity contribution in [3.8, 4) is 0 Å². The van der Waals surface area contributed by atoms with Crippen molar-refractivity contribution in [2.45, 2.75) is 65.9 Å². The van der Waals surface area contributed by atoms with Gasteiger partial charge >= 0.3 is 5.97 Å². The van der Waals surface area contributed by atoms with E-state index in [0.29, 0.717) is 5.92 Å². The van der Waals surface area contributed by atoms with E-state index in [9.17, 15) is 4.79 Å². The number of rotatable bonds is 5. The van der Waals surface area contributed by atoms with Gasteiger partial charge in [-0.15, -0.1) is 0 Å². The van der Waals surface area contributed by atoms with E-state index < -0.39 is 0 Å². The van der Waals surface area contributed by atoms with E-state index in [1.807, 2.05) is 19.9 Å². The van der Waals surface area contributed by atoms with Crippen LogP contribution in [0.15, 0.2) is 30.3 Å². The highest BCUT2D eigenvalue weighted by atomic mass is 16.5. The van der Waals surface area contributed by atoms with Gasteiger partial charge in [0.05, 0.1) is 26.6 Å². The highest BCUT2D eigenvalue weighted by Gasteiger charge is 2.37. The summed E-state index contributed by atoms with van der Waals surface area (Å²) in [6.45, 7) is 6.05. The quantitative estimate of drug-likeness (QED) is 0.539. The first-order valence-electron chi connectivity index (χ1n) is 10.1. The molecule has 2 aliphatic rings. The van der Waals surface area contributed by atoms with Crippen molar-refractivity contribution in [2.75, 3.05) is 27.2 Å². The van der Waals surface area contributed by atoms with E-state index >= 15 is 0 Å². The number of esters is 1. The molecule has 2 atom stereocenters. The largest absolute Gasteiger partial charge is 0.456 e. The summed E-state index contributed by atoms with van der Waals surface area (Å²) in [6, 6.07) is 10.4. The minimum absolute atomic E-state index is 0. The molecule has 0 aromatic heterocycles. The molecule has 1 aromatic rings. The van der Waals surface area contributed by atoms with E-state index in [0.717, 1.165) is 30.4 Å². The van der Waals surface area contributed by atoms with Crippen molar-refractivity contribution < 1.29 is 14.0 Å². The molecule has 1 heterocycles. The molecule has 1 saturated heterocycles. The molecule has 1 aliphatic carbocycles. The number of likely N-dealkylation sites (tertiary alicyclic amines) is 1. The number of likely N-dealkylation sites (N-methyl/N-ethyl adjacent to an activating group) is 1. The summed E-state index contributed by atoms with van der Waals surface area (Å²) >= 11 is 0. The zero-order valence-corrected chi connectivity index (χ0v) is 16.5. The van der Waals surface area contributed by atoms with Crippen molar-refractivity contribution in [1.82, 2.24) is 0 Å². The first-order valence-corrected chi connectivity index (χ1v) is 10.1. The van der Waals surface area contributed by atoms with Crippen LogP contribution in [0.3, 0.4) is 0 Å². The second-order valence-corrected chi connectivity index (χ2v) is 8.03. The van der Waals surface area contributed by atoms with Gasteiger partial charge < -0.3 is 9.22 Å². The number of hydrogen-bond donors (Lipinski definition) is 0.